The average Bonchev–Trinajstić information content (AvgIpc) is 2.97. The third kappa shape index (κ3) is 3.16. The third-order valence-electron chi connectivity index (χ3n) is 3.74. The van der Waals surface area contributed by atoms with Crippen molar-refractivity contribution in [2.75, 3.05) is 14.2 Å². The molecule has 0 saturated heterocycles. The Balaban J connectivity index is 1.85. The number of fused-ring (bicyclic) bond motifs is 1. The first-order valence-corrected chi connectivity index (χ1v) is 7.63. The van der Waals surface area contributed by atoms with Crippen LogP contribution in [0.25, 0.3) is 5.65 Å². The van der Waals surface area contributed by atoms with Gasteiger partial charge in [0.1, 0.15) is 22.8 Å². The van der Waals surface area contributed by atoms with Gasteiger partial charge in [-0.05, 0) is 31.2 Å². The van der Waals surface area contributed by atoms with E-state index in [1.807, 2.05) is 24.3 Å². The summed E-state index contributed by atoms with van der Waals surface area (Å²) in [5.41, 5.74) is 4.96. The van der Waals surface area contributed by atoms with Gasteiger partial charge in [-0.15, -0.1) is 0 Å². The Bertz CT molecular complexity index is 924. The summed E-state index contributed by atoms with van der Waals surface area (Å²) in [5, 5.41) is 4.04. The maximum absolute atomic E-state index is 12.5. The van der Waals surface area contributed by atoms with Crippen LogP contribution in [0.2, 0.25) is 0 Å². The highest BCUT2D eigenvalue weighted by atomic mass is 16.5. The van der Waals surface area contributed by atoms with E-state index >= 15 is 0 Å². The number of carbonyl (C=O) groups is 1. The van der Waals surface area contributed by atoms with Gasteiger partial charge < -0.3 is 9.47 Å². The van der Waals surface area contributed by atoms with E-state index in [4.69, 9.17) is 9.47 Å². The van der Waals surface area contributed by atoms with Crippen LogP contribution < -0.4 is 14.9 Å². The number of nitrogens with one attached hydrogen (secondary N) is 1. The molecule has 0 saturated carbocycles. The minimum absolute atomic E-state index is 0.346. The number of rotatable bonds is 5. The summed E-state index contributed by atoms with van der Waals surface area (Å²) < 4.78 is 12.3. The lowest BCUT2D eigenvalue weighted by molar-refractivity contribution is 0.0948. The monoisotopic (exact) mass is 338 g/mol. The maximum atomic E-state index is 12.5. The van der Waals surface area contributed by atoms with Gasteiger partial charge in [0.15, 0.2) is 0 Å². The molecular formula is C18H18N4O3. The van der Waals surface area contributed by atoms with E-state index in [2.05, 4.69) is 15.5 Å². The van der Waals surface area contributed by atoms with Crippen LogP contribution >= 0.6 is 0 Å². The number of methoxy groups -OCH3 is 2. The molecule has 0 unspecified atom stereocenters. The number of hydrogen-bond donors (Lipinski definition) is 1. The molecule has 0 bridgehead atoms. The molecule has 0 aliphatic rings. The van der Waals surface area contributed by atoms with E-state index in [9.17, 15) is 4.79 Å². The standard InChI is InChI=1S/C18H18N4O3/c1-12-17(22-10-5-4-9-16(22)20-12)18(23)21-19-11-13-14(24-2)7-6-8-15(13)25-3/h4-11H,1-3H3,(H,21,23)/b19-11-. The summed E-state index contributed by atoms with van der Waals surface area (Å²) in [6, 6.07) is 11.0. The van der Waals surface area contributed by atoms with Crippen LogP contribution in [0.1, 0.15) is 21.7 Å². The Hall–Kier alpha value is -3.35. The second kappa shape index (κ2) is 7.04. The topological polar surface area (TPSA) is 77.2 Å². The second-order valence-electron chi connectivity index (χ2n) is 5.25. The molecule has 0 aliphatic heterocycles. The summed E-state index contributed by atoms with van der Waals surface area (Å²) in [6.07, 6.45) is 3.28. The minimum atomic E-state index is -0.346. The third-order valence-corrected chi connectivity index (χ3v) is 3.74. The first-order valence-electron chi connectivity index (χ1n) is 7.63. The Kier molecular flexibility index (Phi) is 4.65. The number of ether oxygens (including phenoxy) is 2. The van der Waals surface area contributed by atoms with Crippen molar-refractivity contribution >= 4 is 17.8 Å². The van der Waals surface area contributed by atoms with Gasteiger partial charge in [0.25, 0.3) is 5.91 Å². The van der Waals surface area contributed by atoms with Crippen molar-refractivity contribution in [3.8, 4) is 11.5 Å². The van der Waals surface area contributed by atoms with E-state index in [1.165, 1.54) is 6.21 Å². The quantitative estimate of drug-likeness (QED) is 0.572. The molecule has 128 valence electrons. The molecule has 1 N–H and O–H groups in total. The zero-order valence-corrected chi connectivity index (χ0v) is 14.2. The molecule has 1 aromatic carbocycles. The predicted octanol–water partition coefficient (Wildman–Crippen LogP) is 2.42. The Morgan fingerprint density at radius 2 is 1.88 bits per heavy atom. The average molecular weight is 338 g/mol. The zero-order chi connectivity index (χ0) is 17.8. The summed E-state index contributed by atoms with van der Waals surface area (Å²) >= 11 is 0. The highest BCUT2D eigenvalue weighted by molar-refractivity contribution is 5.96. The Morgan fingerprint density at radius 1 is 1.16 bits per heavy atom. The number of benzene rings is 1. The molecule has 0 atom stereocenters. The zero-order valence-electron chi connectivity index (χ0n) is 14.2. The molecule has 0 aliphatic carbocycles. The number of nitrogens with zero attached hydrogens (tertiary/aromatic N) is 3. The molecule has 0 spiro atoms. The number of imidazole rings is 1. The summed E-state index contributed by atoms with van der Waals surface area (Å²) in [5.74, 6) is 0.855. The van der Waals surface area contributed by atoms with Crippen LogP contribution in [0.5, 0.6) is 11.5 Å². The van der Waals surface area contributed by atoms with Gasteiger partial charge in [-0.3, -0.25) is 9.20 Å². The molecule has 0 fully saturated rings. The Labute approximate surface area is 144 Å². The van der Waals surface area contributed by atoms with Gasteiger partial charge in [-0.25, -0.2) is 10.4 Å². The van der Waals surface area contributed by atoms with Crippen LogP contribution in [0.15, 0.2) is 47.7 Å². The minimum Gasteiger partial charge on any atom is -0.496 e. The Morgan fingerprint density at radius 3 is 2.56 bits per heavy atom. The molecule has 2 aromatic heterocycles. The number of aryl methyl sites for hydroxylation is 1. The predicted molar refractivity (Wildman–Crippen MR) is 94.5 cm³/mol. The van der Waals surface area contributed by atoms with E-state index in [0.717, 1.165) is 0 Å². The van der Waals surface area contributed by atoms with E-state index in [0.29, 0.717) is 34.1 Å². The smallest absolute Gasteiger partial charge is 0.290 e. The van der Waals surface area contributed by atoms with Crippen molar-refractivity contribution in [3.63, 3.8) is 0 Å². The molecule has 3 rings (SSSR count). The van der Waals surface area contributed by atoms with Crippen LogP contribution in [0.3, 0.4) is 0 Å². The molecule has 2 heterocycles. The van der Waals surface area contributed by atoms with Crippen molar-refractivity contribution in [2.45, 2.75) is 6.92 Å². The fourth-order valence-electron chi connectivity index (χ4n) is 2.60. The number of hydrazone groups is 1. The number of pyridine rings is 1. The SMILES string of the molecule is COc1cccc(OC)c1/C=N\NC(=O)c1c(C)nc2ccccn12. The fourth-order valence-corrected chi connectivity index (χ4v) is 2.60. The number of amides is 1. The van der Waals surface area contributed by atoms with Gasteiger partial charge in [0.05, 0.1) is 31.7 Å². The summed E-state index contributed by atoms with van der Waals surface area (Å²) in [6.45, 7) is 1.79. The van der Waals surface area contributed by atoms with Crippen molar-refractivity contribution in [2.24, 2.45) is 5.10 Å². The lowest BCUT2D eigenvalue weighted by Gasteiger charge is -2.09. The van der Waals surface area contributed by atoms with Crippen molar-refractivity contribution < 1.29 is 14.3 Å². The number of hydrogen-bond acceptors (Lipinski definition) is 5. The van der Waals surface area contributed by atoms with Crippen LogP contribution in [-0.2, 0) is 0 Å². The van der Waals surface area contributed by atoms with E-state index in [1.54, 1.807) is 43.9 Å². The number of carbonyl (C=O) groups excluding carboxylic acids is 1. The van der Waals surface area contributed by atoms with Crippen molar-refractivity contribution in [3.05, 3.63) is 59.5 Å². The van der Waals surface area contributed by atoms with Gasteiger partial charge in [-0.2, -0.15) is 5.10 Å². The van der Waals surface area contributed by atoms with Crippen LogP contribution in [0, 0.1) is 6.92 Å². The van der Waals surface area contributed by atoms with Crippen molar-refractivity contribution in [1.82, 2.24) is 14.8 Å². The molecule has 1 amide bonds. The molecule has 25 heavy (non-hydrogen) atoms. The van der Waals surface area contributed by atoms with Crippen LogP contribution in [0.4, 0.5) is 0 Å². The lowest BCUT2D eigenvalue weighted by atomic mass is 10.2. The summed E-state index contributed by atoms with van der Waals surface area (Å²) in [4.78, 5) is 16.9. The highest BCUT2D eigenvalue weighted by Crippen LogP contribution is 2.26. The number of aromatic nitrogens is 2. The van der Waals surface area contributed by atoms with Gasteiger partial charge in [-0.1, -0.05) is 12.1 Å². The molecule has 3 aromatic rings. The normalized spacial score (nSPS) is 11.0. The second-order valence-corrected chi connectivity index (χ2v) is 5.25. The molecule has 7 nitrogen and oxygen atoms in total. The van der Waals surface area contributed by atoms with Gasteiger partial charge >= 0.3 is 0 Å². The summed E-state index contributed by atoms with van der Waals surface area (Å²) in [7, 11) is 3.12. The molecule has 0 radical (unpaired) electrons. The van der Waals surface area contributed by atoms with Crippen molar-refractivity contribution in [1.29, 1.82) is 0 Å². The van der Waals surface area contributed by atoms with E-state index < -0.39 is 0 Å². The molecular weight excluding hydrogens is 320 g/mol. The largest absolute Gasteiger partial charge is 0.496 e. The maximum Gasteiger partial charge on any atom is 0.290 e. The molecule has 7 heteroatoms. The first-order chi connectivity index (χ1) is 12.2. The van der Waals surface area contributed by atoms with Crippen LogP contribution in [-0.4, -0.2) is 35.7 Å². The fraction of sp³-hybridized carbons (Fsp3) is 0.167. The van der Waals surface area contributed by atoms with Gasteiger partial charge in [0, 0.05) is 6.20 Å². The first kappa shape index (κ1) is 16.5. The van der Waals surface area contributed by atoms with E-state index in [-0.39, 0.29) is 5.91 Å². The van der Waals surface area contributed by atoms with Gasteiger partial charge in [0.2, 0.25) is 0 Å². The lowest BCUT2D eigenvalue weighted by Crippen LogP contribution is -2.20. The highest BCUT2D eigenvalue weighted by Gasteiger charge is 2.15.